The number of benzene rings is 1. The number of nitrogens with zero attached hydrogens (tertiary/aromatic N) is 3. The highest BCUT2D eigenvalue weighted by Gasteiger charge is 2.42. The molecular formula is C44H68N10O12. The molecule has 7 atom stereocenters. The molecule has 22 heteroatoms. The lowest BCUT2D eigenvalue weighted by molar-refractivity contribution is -0.143. The summed E-state index contributed by atoms with van der Waals surface area (Å²) >= 11 is 0. The van der Waals surface area contributed by atoms with E-state index in [1.807, 2.05) is 0 Å². The Morgan fingerprint density at radius 3 is 2.26 bits per heavy atom. The molecule has 2 saturated heterocycles. The summed E-state index contributed by atoms with van der Waals surface area (Å²) in [5.41, 5.74) is 12.1. The lowest BCUT2D eigenvalue weighted by Crippen LogP contribution is -2.57. The highest BCUT2D eigenvalue weighted by molar-refractivity contribution is 5.98. The molecule has 0 aliphatic carbocycles. The van der Waals surface area contributed by atoms with Gasteiger partial charge in [0, 0.05) is 63.5 Å². The van der Waals surface area contributed by atoms with Crippen LogP contribution < -0.4 is 32.7 Å². The molecule has 4 rings (SSSR count). The number of carbonyl (C=O) groups excluding carboxylic acids is 7. The Balaban J connectivity index is 1.29. The second kappa shape index (κ2) is 25.7. The number of aliphatic hydroxyl groups excluding tert-OH is 3. The van der Waals surface area contributed by atoms with Gasteiger partial charge in [-0.2, -0.15) is 0 Å². The molecule has 3 aliphatic rings. The fourth-order valence-corrected chi connectivity index (χ4v) is 8.19. The molecule has 8 amide bonds. The van der Waals surface area contributed by atoms with Crippen LogP contribution in [0.4, 0.5) is 15.3 Å². The molecule has 1 aromatic rings. The van der Waals surface area contributed by atoms with Gasteiger partial charge in [-0.3, -0.25) is 29.4 Å². The number of hydrogen-bond donors (Lipinski definition) is 10. The molecule has 7 unspecified atom stereocenters. The number of amides is 8. The van der Waals surface area contributed by atoms with Crippen LogP contribution in [-0.4, -0.2) is 160 Å². The number of carbonyl (C=O) groups is 7. The molecule has 66 heavy (non-hydrogen) atoms. The number of ether oxygens (including phenoxy) is 2. The van der Waals surface area contributed by atoms with Crippen molar-refractivity contribution in [3.8, 4) is 0 Å². The minimum absolute atomic E-state index is 0.0445. The minimum atomic E-state index is -1.38. The number of hydrogen-bond acceptors (Lipinski definition) is 13. The van der Waals surface area contributed by atoms with Crippen LogP contribution in [-0.2, 0) is 40.1 Å². The van der Waals surface area contributed by atoms with Gasteiger partial charge in [0.1, 0.15) is 36.9 Å². The van der Waals surface area contributed by atoms with E-state index in [-0.39, 0.29) is 81.5 Å². The number of unbranched alkanes of at least 4 members (excludes halogenated alkanes) is 2. The Hall–Kier alpha value is -5.84. The summed E-state index contributed by atoms with van der Waals surface area (Å²) in [5.74, 6) is -3.77. The minimum Gasteiger partial charge on any atom is -0.445 e. The standard InChI is InChI=1S/C44H68N10O12/c1-26(2)37(51-34(57)9-5-4-6-19-53-35(58)14-15-36(53)59)41(61)50-32(8-7-18-48-43(47)63)40(60)49-31-12-10-28(11-13-31)25-66-44(64)52-22-30(33(56)24-52)23-54(42(62)27(3)55)38(39(45)46)29-16-20-65-21-17-29/h10-15,26-27,29-30,32-33,35,37-38,55-56,58H,4-9,16-25H2,1-3H3,(H3,45,46)(H,49,60)(H,50,61)(H,51,57)(H3,47,48,63). The molecule has 0 spiro atoms. The summed E-state index contributed by atoms with van der Waals surface area (Å²) in [6.45, 7) is 5.99. The van der Waals surface area contributed by atoms with E-state index in [1.54, 1.807) is 38.1 Å². The monoisotopic (exact) mass is 929 g/mol. The number of amidine groups is 1. The van der Waals surface area contributed by atoms with Crippen LogP contribution in [0.5, 0.6) is 0 Å². The molecule has 0 bridgehead atoms. The first-order valence-electron chi connectivity index (χ1n) is 22.6. The number of nitrogens with two attached hydrogens (primary N) is 2. The van der Waals surface area contributed by atoms with Crippen LogP contribution in [0.3, 0.4) is 0 Å². The van der Waals surface area contributed by atoms with E-state index >= 15 is 0 Å². The highest BCUT2D eigenvalue weighted by atomic mass is 16.6. The van der Waals surface area contributed by atoms with E-state index in [2.05, 4.69) is 21.3 Å². The van der Waals surface area contributed by atoms with E-state index in [4.69, 9.17) is 26.4 Å². The number of likely N-dealkylation sites (tertiary alicyclic amines) is 1. The summed E-state index contributed by atoms with van der Waals surface area (Å²) in [6, 6.07) is 2.83. The smallest absolute Gasteiger partial charge is 0.410 e. The number of rotatable bonds is 24. The highest BCUT2D eigenvalue weighted by Crippen LogP contribution is 2.27. The first kappa shape index (κ1) is 52.8. The predicted molar refractivity (Wildman–Crippen MR) is 240 cm³/mol. The van der Waals surface area contributed by atoms with Gasteiger partial charge in [0.25, 0.3) is 5.91 Å². The molecule has 2 fully saturated rings. The Kier molecular flexibility index (Phi) is 20.6. The number of anilines is 1. The van der Waals surface area contributed by atoms with E-state index < -0.39 is 72.3 Å². The lowest BCUT2D eigenvalue weighted by Gasteiger charge is -2.40. The van der Waals surface area contributed by atoms with Crippen LogP contribution in [0.1, 0.15) is 77.7 Å². The van der Waals surface area contributed by atoms with Gasteiger partial charge < -0.3 is 72.2 Å². The Morgan fingerprint density at radius 1 is 0.955 bits per heavy atom. The molecule has 1 aromatic carbocycles. The normalized spacial score (nSPS) is 20.3. The van der Waals surface area contributed by atoms with Crippen molar-refractivity contribution in [2.75, 3.05) is 51.3 Å². The van der Waals surface area contributed by atoms with E-state index in [0.717, 1.165) is 0 Å². The molecule has 3 heterocycles. The van der Waals surface area contributed by atoms with Crippen molar-refractivity contribution in [2.45, 2.75) is 115 Å². The maximum absolute atomic E-state index is 13.6. The van der Waals surface area contributed by atoms with Crippen molar-refractivity contribution in [2.24, 2.45) is 29.2 Å². The third-order valence-corrected chi connectivity index (χ3v) is 11.9. The second-order valence-electron chi connectivity index (χ2n) is 17.4. The zero-order valence-corrected chi connectivity index (χ0v) is 38.0. The summed E-state index contributed by atoms with van der Waals surface area (Å²) in [5, 5.41) is 50.1. The summed E-state index contributed by atoms with van der Waals surface area (Å²) in [7, 11) is 0. The molecule has 3 aliphatic heterocycles. The zero-order valence-electron chi connectivity index (χ0n) is 38.0. The fraction of sp³-hybridized carbons (Fsp3) is 0.636. The van der Waals surface area contributed by atoms with Gasteiger partial charge in [-0.05, 0) is 81.1 Å². The molecule has 12 N–H and O–H groups in total. The van der Waals surface area contributed by atoms with Gasteiger partial charge >= 0.3 is 12.1 Å². The van der Waals surface area contributed by atoms with Crippen molar-refractivity contribution in [3.63, 3.8) is 0 Å². The molecular weight excluding hydrogens is 861 g/mol. The Bertz CT molecular complexity index is 1880. The third kappa shape index (κ3) is 15.9. The van der Waals surface area contributed by atoms with Gasteiger partial charge in [-0.1, -0.05) is 32.4 Å². The Morgan fingerprint density at radius 2 is 1.65 bits per heavy atom. The van der Waals surface area contributed by atoms with Crippen LogP contribution in [0, 0.1) is 23.2 Å². The zero-order chi connectivity index (χ0) is 48.5. The van der Waals surface area contributed by atoms with Crippen molar-refractivity contribution in [1.29, 1.82) is 5.41 Å². The predicted octanol–water partition coefficient (Wildman–Crippen LogP) is -0.154. The van der Waals surface area contributed by atoms with Crippen molar-refractivity contribution < 1.29 is 58.4 Å². The van der Waals surface area contributed by atoms with Crippen LogP contribution in [0.15, 0.2) is 36.4 Å². The first-order chi connectivity index (χ1) is 31.4. The summed E-state index contributed by atoms with van der Waals surface area (Å²) in [4.78, 5) is 93.5. The van der Waals surface area contributed by atoms with Crippen LogP contribution >= 0.6 is 0 Å². The SMILES string of the molecule is CC(O)C(=O)N(CC1CN(C(=O)OCc2ccc(NC(=O)C(CCCNC(N)=O)NC(=O)C(NC(=O)CCCCCN3C(=O)C=CC3O)C(C)C)cc2)CC1O)C(C(=N)N)C1CCOCC1. The van der Waals surface area contributed by atoms with Gasteiger partial charge in [-0.25, -0.2) is 9.59 Å². The van der Waals surface area contributed by atoms with Crippen molar-refractivity contribution in [1.82, 2.24) is 30.7 Å². The first-order valence-corrected chi connectivity index (χ1v) is 22.6. The number of nitrogens with one attached hydrogen (secondary N) is 5. The summed E-state index contributed by atoms with van der Waals surface area (Å²) in [6.07, 6.45) is 1.99. The average Bonchev–Trinajstić information content (AvgIpc) is 3.81. The molecule has 366 valence electrons. The van der Waals surface area contributed by atoms with E-state index in [9.17, 15) is 48.9 Å². The van der Waals surface area contributed by atoms with Gasteiger partial charge in [0.2, 0.25) is 23.6 Å². The second-order valence-corrected chi connectivity index (χ2v) is 17.4. The average molecular weight is 929 g/mol. The number of β-amino-alcohol motifs (C(OH)–C–C–N with tert-alkyl or cyclic N) is 1. The van der Waals surface area contributed by atoms with E-state index in [1.165, 1.54) is 33.8 Å². The fourth-order valence-electron chi connectivity index (χ4n) is 8.19. The molecule has 22 nitrogen and oxygen atoms in total. The quantitative estimate of drug-likeness (QED) is 0.0367. The number of primary amides is 1. The van der Waals surface area contributed by atoms with Crippen molar-refractivity contribution in [3.05, 3.63) is 42.0 Å². The maximum atomic E-state index is 13.6. The van der Waals surface area contributed by atoms with Crippen molar-refractivity contribution >= 4 is 53.2 Å². The Labute approximate surface area is 384 Å². The number of urea groups is 1. The molecule has 0 saturated carbocycles. The largest absolute Gasteiger partial charge is 0.445 e. The molecule has 0 aromatic heterocycles. The van der Waals surface area contributed by atoms with Crippen LogP contribution in [0.25, 0.3) is 0 Å². The topological polar surface area (TPSA) is 332 Å². The molecule has 0 radical (unpaired) electrons. The summed E-state index contributed by atoms with van der Waals surface area (Å²) < 4.78 is 11.0. The number of aliphatic hydroxyl groups is 3. The van der Waals surface area contributed by atoms with Gasteiger partial charge in [0.05, 0.1) is 18.7 Å². The van der Waals surface area contributed by atoms with E-state index in [0.29, 0.717) is 63.1 Å². The van der Waals surface area contributed by atoms with Gasteiger partial charge in [-0.15, -0.1) is 0 Å². The van der Waals surface area contributed by atoms with Gasteiger partial charge in [0.15, 0.2) is 0 Å². The lowest BCUT2D eigenvalue weighted by atomic mass is 9.88. The maximum Gasteiger partial charge on any atom is 0.410 e. The van der Waals surface area contributed by atoms with Crippen LogP contribution in [0.2, 0.25) is 0 Å². The third-order valence-electron chi connectivity index (χ3n) is 11.9.